The highest BCUT2D eigenvalue weighted by molar-refractivity contribution is 6.42. The summed E-state index contributed by atoms with van der Waals surface area (Å²) in [5.41, 5.74) is 0.788. The Kier molecular flexibility index (Phi) is 5.20. The molecule has 0 saturated carbocycles. The van der Waals surface area contributed by atoms with Gasteiger partial charge in [-0.15, -0.1) is 0 Å². The molecule has 5 nitrogen and oxygen atoms in total. The van der Waals surface area contributed by atoms with E-state index in [1.54, 1.807) is 29.1 Å². The summed E-state index contributed by atoms with van der Waals surface area (Å²) in [4.78, 5) is 14.3. The molecule has 0 radical (unpaired) electrons. The number of piperidine rings is 1. The van der Waals surface area contributed by atoms with Gasteiger partial charge in [-0.3, -0.25) is 9.69 Å². The van der Waals surface area contributed by atoms with Crippen LogP contribution in [0.2, 0.25) is 10.0 Å². The van der Waals surface area contributed by atoms with Crippen LogP contribution >= 0.6 is 23.2 Å². The molecule has 1 aromatic heterocycles. The number of carbonyl (C=O) groups excluding carboxylic acids is 1. The molecule has 1 aliphatic heterocycles. The van der Waals surface area contributed by atoms with E-state index in [0.717, 1.165) is 18.8 Å². The van der Waals surface area contributed by atoms with E-state index < -0.39 is 0 Å². The van der Waals surface area contributed by atoms with Gasteiger partial charge in [-0.1, -0.05) is 29.6 Å². The maximum atomic E-state index is 12.1. The summed E-state index contributed by atoms with van der Waals surface area (Å²) in [6, 6.07) is 7.03. The molecule has 2 heterocycles. The first-order chi connectivity index (χ1) is 11.1. The molecule has 23 heavy (non-hydrogen) atoms. The van der Waals surface area contributed by atoms with Crippen LogP contribution in [0.1, 0.15) is 19.3 Å². The Bertz CT molecular complexity index is 695. The lowest BCUT2D eigenvalue weighted by molar-refractivity contribution is -0.117. The largest absolute Gasteiger partial charge is 0.308 e. The molecule has 1 aromatic carbocycles. The lowest BCUT2D eigenvalue weighted by Crippen LogP contribution is -2.36. The van der Waals surface area contributed by atoms with Gasteiger partial charge in [-0.25, -0.2) is 4.68 Å². The smallest absolute Gasteiger partial charge is 0.239 e. The van der Waals surface area contributed by atoms with Crippen LogP contribution in [-0.2, 0) is 4.79 Å². The third-order valence-electron chi connectivity index (χ3n) is 3.84. The Balaban J connectivity index is 1.62. The second kappa shape index (κ2) is 7.34. The monoisotopic (exact) mass is 352 g/mol. The average molecular weight is 353 g/mol. The van der Waals surface area contributed by atoms with E-state index in [1.165, 1.54) is 19.3 Å². The Morgan fingerprint density at radius 1 is 1.13 bits per heavy atom. The summed E-state index contributed by atoms with van der Waals surface area (Å²) in [6.45, 7) is 2.40. The number of nitrogens with one attached hydrogen (secondary N) is 1. The topological polar surface area (TPSA) is 50.2 Å². The van der Waals surface area contributed by atoms with Crippen LogP contribution in [0.3, 0.4) is 0 Å². The number of halogens is 2. The molecule has 2 aromatic rings. The van der Waals surface area contributed by atoms with Crippen molar-refractivity contribution in [3.63, 3.8) is 0 Å². The molecule has 0 bridgehead atoms. The molecule has 0 atom stereocenters. The predicted molar refractivity (Wildman–Crippen MR) is 92.5 cm³/mol. The highest BCUT2D eigenvalue weighted by Gasteiger charge is 2.14. The fraction of sp³-hybridized carbons (Fsp3) is 0.375. The van der Waals surface area contributed by atoms with Gasteiger partial charge in [-0.05, 0) is 44.1 Å². The summed E-state index contributed by atoms with van der Waals surface area (Å²) in [6.07, 6.45) is 5.36. The van der Waals surface area contributed by atoms with E-state index in [1.807, 2.05) is 6.07 Å². The number of rotatable bonds is 4. The molecular formula is C16H18Cl2N4O. The Hall–Kier alpha value is -1.56. The van der Waals surface area contributed by atoms with E-state index in [-0.39, 0.29) is 5.91 Å². The lowest BCUT2D eigenvalue weighted by Gasteiger charge is -2.25. The molecule has 1 amide bonds. The highest BCUT2D eigenvalue weighted by atomic mass is 35.5. The Labute approximate surface area is 145 Å². The van der Waals surface area contributed by atoms with Gasteiger partial charge < -0.3 is 5.32 Å². The van der Waals surface area contributed by atoms with Crippen LogP contribution in [0.5, 0.6) is 0 Å². The molecule has 122 valence electrons. The number of anilines is 1. The van der Waals surface area contributed by atoms with Crippen LogP contribution in [0.15, 0.2) is 30.5 Å². The van der Waals surface area contributed by atoms with Crippen molar-refractivity contribution in [1.82, 2.24) is 14.7 Å². The first kappa shape index (κ1) is 16.3. The van der Waals surface area contributed by atoms with Crippen molar-refractivity contribution in [2.75, 3.05) is 25.0 Å². The molecule has 0 spiro atoms. The van der Waals surface area contributed by atoms with Crippen LogP contribution in [0.25, 0.3) is 5.69 Å². The zero-order valence-corrected chi connectivity index (χ0v) is 14.1. The lowest BCUT2D eigenvalue weighted by atomic mass is 10.1. The maximum Gasteiger partial charge on any atom is 0.239 e. The second-order valence-electron chi connectivity index (χ2n) is 5.63. The van der Waals surface area contributed by atoms with Crippen molar-refractivity contribution in [2.45, 2.75) is 19.3 Å². The van der Waals surface area contributed by atoms with Crippen LogP contribution < -0.4 is 5.32 Å². The fourth-order valence-corrected chi connectivity index (χ4v) is 2.96. The highest BCUT2D eigenvalue weighted by Crippen LogP contribution is 2.24. The maximum absolute atomic E-state index is 12.1. The van der Waals surface area contributed by atoms with Gasteiger partial charge in [0.1, 0.15) is 0 Å². The van der Waals surface area contributed by atoms with Gasteiger partial charge in [0, 0.05) is 12.3 Å². The zero-order valence-electron chi connectivity index (χ0n) is 12.6. The summed E-state index contributed by atoms with van der Waals surface area (Å²) in [5.74, 6) is 0.490. The van der Waals surface area contributed by atoms with E-state index in [0.29, 0.717) is 22.4 Å². The molecule has 0 unspecified atom stereocenters. The first-order valence-corrected chi connectivity index (χ1v) is 8.41. The molecule has 1 fully saturated rings. The van der Waals surface area contributed by atoms with Crippen LogP contribution in [0.4, 0.5) is 5.82 Å². The quantitative estimate of drug-likeness (QED) is 0.914. The summed E-state index contributed by atoms with van der Waals surface area (Å²) in [5, 5.41) is 8.15. The van der Waals surface area contributed by atoms with Crippen molar-refractivity contribution < 1.29 is 4.79 Å². The van der Waals surface area contributed by atoms with Gasteiger partial charge >= 0.3 is 0 Å². The average Bonchev–Trinajstić information content (AvgIpc) is 2.99. The zero-order chi connectivity index (χ0) is 16.2. The molecule has 1 aliphatic rings. The number of aromatic nitrogens is 2. The summed E-state index contributed by atoms with van der Waals surface area (Å²) in [7, 11) is 0. The molecule has 1 saturated heterocycles. The molecule has 0 aliphatic carbocycles. The van der Waals surface area contributed by atoms with Gasteiger partial charge in [0.2, 0.25) is 5.91 Å². The van der Waals surface area contributed by atoms with Crippen molar-refractivity contribution in [2.24, 2.45) is 0 Å². The van der Waals surface area contributed by atoms with E-state index in [4.69, 9.17) is 23.2 Å². The number of hydrogen-bond acceptors (Lipinski definition) is 3. The van der Waals surface area contributed by atoms with Crippen LogP contribution in [0, 0.1) is 0 Å². The van der Waals surface area contributed by atoms with Gasteiger partial charge in [0.05, 0.1) is 22.3 Å². The number of carbonyl (C=O) groups is 1. The van der Waals surface area contributed by atoms with Crippen LogP contribution in [-0.4, -0.2) is 40.2 Å². The number of hydrogen-bond donors (Lipinski definition) is 1. The minimum atomic E-state index is -0.0358. The SMILES string of the molecule is O=C(CN1CCCCC1)Nc1ccn(-c2ccc(Cl)c(Cl)c2)n1. The van der Waals surface area contributed by atoms with Crippen molar-refractivity contribution in [3.05, 3.63) is 40.5 Å². The Morgan fingerprint density at radius 3 is 2.65 bits per heavy atom. The normalized spacial score (nSPS) is 15.6. The summed E-state index contributed by atoms with van der Waals surface area (Å²) < 4.78 is 1.65. The van der Waals surface area contributed by atoms with E-state index in [9.17, 15) is 4.79 Å². The number of likely N-dealkylation sites (tertiary alicyclic amines) is 1. The third-order valence-corrected chi connectivity index (χ3v) is 4.58. The fourth-order valence-electron chi connectivity index (χ4n) is 2.66. The second-order valence-corrected chi connectivity index (χ2v) is 6.44. The number of nitrogens with zero attached hydrogens (tertiary/aromatic N) is 3. The molecule has 7 heteroatoms. The minimum Gasteiger partial charge on any atom is -0.308 e. The number of benzene rings is 1. The van der Waals surface area contributed by atoms with E-state index >= 15 is 0 Å². The predicted octanol–water partition coefficient (Wildman–Crippen LogP) is 3.60. The van der Waals surface area contributed by atoms with Gasteiger partial charge in [0.15, 0.2) is 5.82 Å². The van der Waals surface area contributed by atoms with Crippen molar-refractivity contribution in [3.8, 4) is 5.69 Å². The first-order valence-electron chi connectivity index (χ1n) is 7.65. The van der Waals surface area contributed by atoms with Gasteiger partial charge in [0.25, 0.3) is 0 Å². The van der Waals surface area contributed by atoms with Crippen molar-refractivity contribution >= 4 is 34.9 Å². The minimum absolute atomic E-state index is 0.0358. The third kappa shape index (κ3) is 4.25. The van der Waals surface area contributed by atoms with Gasteiger partial charge in [-0.2, -0.15) is 5.10 Å². The molecule has 3 rings (SSSR count). The molecular weight excluding hydrogens is 335 g/mol. The number of amides is 1. The van der Waals surface area contributed by atoms with Crippen molar-refractivity contribution in [1.29, 1.82) is 0 Å². The molecule has 1 N–H and O–H groups in total. The van der Waals surface area contributed by atoms with E-state index in [2.05, 4.69) is 15.3 Å². The standard InChI is InChI=1S/C16H18Cl2N4O/c17-13-5-4-12(10-14(13)18)22-9-6-15(20-22)19-16(23)11-21-7-2-1-3-8-21/h4-6,9-10H,1-3,7-8,11H2,(H,19,20,23). The summed E-state index contributed by atoms with van der Waals surface area (Å²) >= 11 is 11.9. The Morgan fingerprint density at radius 2 is 1.91 bits per heavy atom.